The van der Waals surface area contributed by atoms with Crippen LogP contribution in [-0.2, 0) is 26.0 Å². The summed E-state index contributed by atoms with van der Waals surface area (Å²) >= 11 is 7.21. The number of hydrogen-bond donors (Lipinski definition) is 3. The van der Waals surface area contributed by atoms with Crippen molar-refractivity contribution >= 4 is 55.6 Å². The Labute approximate surface area is 195 Å². The zero-order valence-electron chi connectivity index (χ0n) is 17.3. The third-order valence-corrected chi connectivity index (χ3v) is 7.01. The molecule has 0 radical (unpaired) electrons. The van der Waals surface area contributed by atoms with Crippen molar-refractivity contribution in [2.45, 2.75) is 31.2 Å². The zero-order valence-corrected chi connectivity index (χ0v) is 19.6. The van der Waals surface area contributed by atoms with E-state index in [1.165, 1.54) is 49.4 Å². The topological polar surface area (TPSA) is 117 Å². The standard InChI is InChI=1S/C21H21ClN4O4S2/c1-13(26-32(29,30)19-9-7-17(8-10-19)24-14(2)27)20(28)25-21-23-12-18(31-21)11-15-3-5-16(22)6-4-15/h3-10,12-13,26H,11H2,1-2H3,(H,24,27)(H,23,25,28)/t13-/m1/s1. The van der Waals surface area contributed by atoms with E-state index in [-0.39, 0.29) is 10.8 Å². The second kappa shape index (κ2) is 10.2. The molecule has 0 aliphatic heterocycles. The zero-order chi connectivity index (χ0) is 23.3. The largest absolute Gasteiger partial charge is 0.326 e. The van der Waals surface area contributed by atoms with Crippen molar-refractivity contribution in [1.29, 1.82) is 0 Å². The van der Waals surface area contributed by atoms with Gasteiger partial charge in [0.1, 0.15) is 0 Å². The fourth-order valence-corrected chi connectivity index (χ4v) is 4.92. The average Bonchev–Trinajstić information content (AvgIpc) is 3.16. The highest BCUT2D eigenvalue weighted by atomic mass is 35.5. The molecule has 0 aliphatic rings. The maximum Gasteiger partial charge on any atom is 0.244 e. The first-order valence-corrected chi connectivity index (χ1v) is 12.2. The molecular formula is C21H21ClN4O4S2. The van der Waals surface area contributed by atoms with Crippen LogP contribution in [-0.4, -0.2) is 31.3 Å². The molecule has 1 aromatic heterocycles. The van der Waals surface area contributed by atoms with E-state index in [9.17, 15) is 18.0 Å². The summed E-state index contributed by atoms with van der Waals surface area (Å²) in [5.74, 6) is -0.793. The molecule has 1 atom stereocenters. The van der Waals surface area contributed by atoms with Crippen molar-refractivity contribution in [2.24, 2.45) is 0 Å². The number of carbonyl (C=O) groups is 2. The van der Waals surface area contributed by atoms with Crippen LogP contribution in [0, 0.1) is 0 Å². The molecule has 0 saturated carbocycles. The predicted molar refractivity (Wildman–Crippen MR) is 126 cm³/mol. The van der Waals surface area contributed by atoms with Gasteiger partial charge in [0.25, 0.3) is 0 Å². The minimum atomic E-state index is -3.93. The van der Waals surface area contributed by atoms with Gasteiger partial charge in [-0.05, 0) is 48.9 Å². The van der Waals surface area contributed by atoms with E-state index < -0.39 is 22.0 Å². The van der Waals surface area contributed by atoms with Gasteiger partial charge in [-0.2, -0.15) is 4.72 Å². The van der Waals surface area contributed by atoms with Crippen LogP contribution in [0.5, 0.6) is 0 Å². The number of rotatable bonds is 8. The fraction of sp³-hybridized carbons (Fsp3) is 0.190. The average molecular weight is 493 g/mol. The number of anilines is 2. The summed E-state index contributed by atoms with van der Waals surface area (Å²) in [7, 11) is -3.93. The Bertz CT molecular complexity index is 1210. The maximum absolute atomic E-state index is 12.6. The SMILES string of the molecule is CC(=O)Nc1ccc(S(=O)(=O)N[C@H](C)C(=O)Nc2ncc(Cc3ccc(Cl)cc3)s2)cc1. The number of thiazole rings is 1. The lowest BCUT2D eigenvalue weighted by Crippen LogP contribution is -2.41. The van der Waals surface area contributed by atoms with Crippen molar-refractivity contribution in [3.63, 3.8) is 0 Å². The summed E-state index contributed by atoms with van der Waals surface area (Å²) in [5, 5.41) is 6.23. The van der Waals surface area contributed by atoms with Gasteiger partial charge in [-0.15, -0.1) is 11.3 Å². The van der Waals surface area contributed by atoms with Crippen molar-refractivity contribution in [3.05, 3.63) is 70.2 Å². The van der Waals surface area contributed by atoms with Crippen LogP contribution in [0.1, 0.15) is 24.3 Å². The van der Waals surface area contributed by atoms with Crippen molar-refractivity contribution in [3.8, 4) is 0 Å². The highest BCUT2D eigenvalue weighted by Gasteiger charge is 2.23. The molecule has 3 rings (SSSR count). The lowest BCUT2D eigenvalue weighted by molar-refractivity contribution is -0.117. The van der Waals surface area contributed by atoms with Crippen LogP contribution in [0.2, 0.25) is 5.02 Å². The third-order valence-electron chi connectivity index (χ3n) is 4.29. The number of nitrogens with one attached hydrogen (secondary N) is 3. The Morgan fingerprint density at radius 2 is 1.72 bits per heavy atom. The number of sulfonamides is 1. The molecule has 2 aromatic carbocycles. The van der Waals surface area contributed by atoms with Crippen molar-refractivity contribution < 1.29 is 18.0 Å². The molecule has 3 N–H and O–H groups in total. The number of carbonyl (C=O) groups excluding carboxylic acids is 2. The quantitative estimate of drug-likeness (QED) is 0.443. The number of nitrogens with zero attached hydrogens (tertiary/aromatic N) is 1. The first-order valence-electron chi connectivity index (χ1n) is 9.52. The molecule has 32 heavy (non-hydrogen) atoms. The van der Waals surface area contributed by atoms with Gasteiger partial charge < -0.3 is 10.6 Å². The minimum absolute atomic E-state index is 0.0225. The Morgan fingerprint density at radius 1 is 1.06 bits per heavy atom. The number of halogens is 1. The summed E-state index contributed by atoms with van der Waals surface area (Å²) in [6, 6.07) is 12.1. The van der Waals surface area contributed by atoms with Crippen LogP contribution < -0.4 is 15.4 Å². The van der Waals surface area contributed by atoms with E-state index in [0.717, 1.165) is 10.4 Å². The monoisotopic (exact) mass is 492 g/mol. The fourth-order valence-electron chi connectivity index (χ4n) is 2.74. The van der Waals surface area contributed by atoms with Crippen LogP contribution in [0.25, 0.3) is 0 Å². The molecule has 0 aliphatic carbocycles. The summed E-state index contributed by atoms with van der Waals surface area (Å²) in [4.78, 5) is 28.7. The Morgan fingerprint density at radius 3 is 2.34 bits per heavy atom. The van der Waals surface area contributed by atoms with Gasteiger partial charge in [0.2, 0.25) is 21.8 Å². The second-order valence-corrected chi connectivity index (χ2v) is 10.2. The Kier molecular flexibility index (Phi) is 7.62. The van der Waals surface area contributed by atoms with Crippen LogP contribution >= 0.6 is 22.9 Å². The third kappa shape index (κ3) is 6.60. The summed E-state index contributed by atoms with van der Waals surface area (Å²) in [5.41, 5.74) is 1.53. The van der Waals surface area contributed by atoms with Gasteiger partial charge in [-0.3, -0.25) is 9.59 Å². The molecule has 1 heterocycles. The van der Waals surface area contributed by atoms with Gasteiger partial charge >= 0.3 is 0 Å². The molecular weight excluding hydrogens is 472 g/mol. The smallest absolute Gasteiger partial charge is 0.244 e. The van der Waals surface area contributed by atoms with Gasteiger partial charge in [0.15, 0.2) is 5.13 Å². The van der Waals surface area contributed by atoms with Crippen LogP contribution in [0.4, 0.5) is 10.8 Å². The van der Waals surface area contributed by atoms with E-state index in [0.29, 0.717) is 22.3 Å². The lowest BCUT2D eigenvalue weighted by atomic mass is 10.1. The van der Waals surface area contributed by atoms with Gasteiger partial charge in [0, 0.05) is 35.1 Å². The number of amides is 2. The normalized spacial score (nSPS) is 12.2. The number of aromatic nitrogens is 1. The van der Waals surface area contributed by atoms with Gasteiger partial charge in [-0.25, -0.2) is 13.4 Å². The van der Waals surface area contributed by atoms with Crippen molar-refractivity contribution in [1.82, 2.24) is 9.71 Å². The lowest BCUT2D eigenvalue weighted by Gasteiger charge is -2.13. The van der Waals surface area contributed by atoms with E-state index in [2.05, 4.69) is 20.3 Å². The van der Waals surface area contributed by atoms with Crippen LogP contribution in [0.3, 0.4) is 0 Å². The summed E-state index contributed by atoms with van der Waals surface area (Å²) in [6.07, 6.45) is 2.31. The number of benzene rings is 2. The van der Waals surface area contributed by atoms with Crippen LogP contribution in [0.15, 0.2) is 59.6 Å². The first-order chi connectivity index (χ1) is 15.1. The highest BCUT2D eigenvalue weighted by Crippen LogP contribution is 2.22. The molecule has 3 aromatic rings. The Balaban J connectivity index is 1.59. The molecule has 0 bridgehead atoms. The number of hydrogen-bond acceptors (Lipinski definition) is 6. The summed E-state index contributed by atoms with van der Waals surface area (Å²) in [6.45, 7) is 2.80. The molecule has 0 unspecified atom stereocenters. The second-order valence-electron chi connectivity index (χ2n) is 6.97. The molecule has 0 fully saturated rings. The molecule has 0 saturated heterocycles. The molecule has 8 nitrogen and oxygen atoms in total. The molecule has 168 valence electrons. The van der Waals surface area contributed by atoms with E-state index in [1.54, 1.807) is 6.20 Å². The maximum atomic E-state index is 12.6. The molecule has 0 spiro atoms. The molecule has 11 heteroatoms. The van der Waals surface area contributed by atoms with Crippen molar-refractivity contribution in [2.75, 3.05) is 10.6 Å². The van der Waals surface area contributed by atoms with E-state index in [1.807, 2.05) is 24.3 Å². The predicted octanol–water partition coefficient (Wildman–Crippen LogP) is 3.65. The highest BCUT2D eigenvalue weighted by molar-refractivity contribution is 7.89. The van der Waals surface area contributed by atoms with Gasteiger partial charge in [0.05, 0.1) is 10.9 Å². The molecule has 2 amide bonds. The van der Waals surface area contributed by atoms with E-state index >= 15 is 0 Å². The minimum Gasteiger partial charge on any atom is -0.326 e. The first kappa shape index (κ1) is 23.9. The van der Waals surface area contributed by atoms with Gasteiger partial charge in [-0.1, -0.05) is 23.7 Å². The van der Waals surface area contributed by atoms with E-state index in [4.69, 9.17) is 11.6 Å². The summed E-state index contributed by atoms with van der Waals surface area (Å²) < 4.78 is 27.5. The Hall–Kier alpha value is -2.79.